The molecule has 0 saturated carbocycles. The maximum atomic E-state index is 5.92. The van der Waals surface area contributed by atoms with E-state index in [1.807, 2.05) is 18.2 Å². The van der Waals surface area contributed by atoms with Crippen molar-refractivity contribution >= 4 is 11.0 Å². The number of H-pyrrole nitrogens is 1. The fourth-order valence-electron chi connectivity index (χ4n) is 2.26. The van der Waals surface area contributed by atoms with Crippen LogP contribution in [-0.2, 0) is 6.54 Å². The Morgan fingerprint density at radius 3 is 2.95 bits per heavy atom. The molecule has 2 aromatic heterocycles. The highest BCUT2D eigenvalue weighted by molar-refractivity contribution is 5.82. The summed E-state index contributed by atoms with van der Waals surface area (Å²) in [5.74, 6) is 1.79. The molecule has 1 atom stereocenters. The van der Waals surface area contributed by atoms with Crippen LogP contribution in [0.5, 0.6) is 0 Å². The van der Waals surface area contributed by atoms with E-state index in [1.165, 1.54) is 17.3 Å². The first kappa shape index (κ1) is 11.9. The third-order valence-electron chi connectivity index (χ3n) is 3.31. The monoisotopic (exact) mass is 256 g/mol. The molecule has 98 valence electrons. The highest BCUT2D eigenvalue weighted by atomic mass is 16.3. The normalized spacial score (nSPS) is 12.9. The lowest BCUT2D eigenvalue weighted by molar-refractivity contribution is 0.443. The van der Waals surface area contributed by atoms with Crippen LogP contribution in [0.15, 0.2) is 35.0 Å². The Labute approximate surface area is 111 Å². The minimum absolute atomic E-state index is 0.123. The predicted octanol–water partition coefficient (Wildman–Crippen LogP) is 2.71. The minimum atomic E-state index is 0.123. The number of para-hydroxylation sites is 1. The number of rotatable bonds is 4. The molecule has 5 heteroatoms. The van der Waals surface area contributed by atoms with Crippen molar-refractivity contribution in [2.45, 2.75) is 26.4 Å². The van der Waals surface area contributed by atoms with Crippen LogP contribution in [0.25, 0.3) is 11.0 Å². The highest BCUT2D eigenvalue weighted by Gasteiger charge is 2.16. The van der Waals surface area contributed by atoms with Crippen molar-refractivity contribution in [2.24, 2.45) is 0 Å². The third kappa shape index (κ3) is 2.24. The Morgan fingerprint density at radius 1 is 1.37 bits per heavy atom. The van der Waals surface area contributed by atoms with Gasteiger partial charge in [-0.25, -0.2) is 4.98 Å². The average molecular weight is 256 g/mol. The van der Waals surface area contributed by atoms with E-state index >= 15 is 0 Å². The quantitative estimate of drug-likeness (QED) is 0.753. The molecule has 2 heterocycles. The van der Waals surface area contributed by atoms with Crippen LogP contribution in [0.2, 0.25) is 0 Å². The Bertz CT molecular complexity index is 672. The number of fused-ring (bicyclic) bond motifs is 1. The van der Waals surface area contributed by atoms with Crippen LogP contribution in [-0.4, -0.2) is 15.2 Å². The van der Waals surface area contributed by atoms with Crippen molar-refractivity contribution < 1.29 is 4.42 Å². The van der Waals surface area contributed by atoms with Gasteiger partial charge in [0.05, 0.1) is 12.6 Å². The summed E-state index contributed by atoms with van der Waals surface area (Å²) < 4.78 is 5.92. The summed E-state index contributed by atoms with van der Waals surface area (Å²) in [6.07, 6.45) is 1.51. The fourth-order valence-corrected chi connectivity index (χ4v) is 2.26. The summed E-state index contributed by atoms with van der Waals surface area (Å²) in [5, 5.41) is 11.2. The van der Waals surface area contributed by atoms with Gasteiger partial charge in [0.1, 0.15) is 23.5 Å². The lowest BCUT2D eigenvalue weighted by Crippen LogP contribution is -2.19. The topological polar surface area (TPSA) is 66.7 Å². The molecule has 0 saturated heterocycles. The van der Waals surface area contributed by atoms with Crippen LogP contribution < -0.4 is 5.32 Å². The van der Waals surface area contributed by atoms with Crippen LogP contribution in [0.1, 0.15) is 30.1 Å². The smallest absolute Gasteiger partial charge is 0.138 e. The Morgan fingerprint density at radius 2 is 2.21 bits per heavy atom. The second kappa shape index (κ2) is 4.85. The molecule has 0 aliphatic heterocycles. The molecular formula is C14H16N4O. The van der Waals surface area contributed by atoms with Gasteiger partial charge in [0.15, 0.2) is 0 Å². The number of hydrogen-bond donors (Lipinski definition) is 2. The van der Waals surface area contributed by atoms with Gasteiger partial charge in [-0.3, -0.25) is 5.10 Å². The summed E-state index contributed by atoms with van der Waals surface area (Å²) in [5.41, 5.74) is 2.12. The molecule has 0 amide bonds. The van der Waals surface area contributed by atoms with Gasteiger partial charge in [-0.2, -0.15) is 5.10 Å². The van der Waals surface area contributed by atoms with Gasteiger partial charge >= 0.3 is 0 Å². The van der Waals surface area contributed by atoms with Crippen molar-refractivity contribution in [3.63, 3.8) is 0 Å². The summed E-state index contributed by atoms with van der Waals surface area (Å²) in [7, 11) is 0. The molecule has 0 aliphatic carbocycles. The van der Waals surface area contributed by atoms with E-state index in [0.717, 1.165) is 17.2 Å². The number of benzene rings is 1. The number of nitrogens with one attached hydrogen (secondary N) is 2. The van der Waals surface area contributed by atoms with E-state index in [0.29, 0.717) is 6.54 Å². The van der Waals surface area contributed by atoms with E-state index < -0.39 is 0 Å². The maximum absolute atomic E-state index is 5.92. The van der Waals surface area contributed by atoms with Gasteiger partial charge in [-0.05, 0) is 25.5 Å². The van der Waals surface area contributed by atoms with Crippen LogP contribution >= 0.6 is 0 Å². The number of hydrogen-bond acceptors (Lipinski definition) is 4. The van der Waals surface area contributed by atoms with Crippen molar-refractivity contribution in [1.29, 1.82) is 0 Å². The number of aromatic amines is 1. The lowest BCUT2D eigenvalue weighted by Gasteiger charge is -2.10. The second-order valence-electron chi connectivity index (χ2n) is 4.62. The van der Waals surface area contributed by atoms with Crippen LogP contribution in [0.4, 0.5) is 0 Å². The fraction of sp³-hybridized carbons (Fsp3) is 0.286. The molecule has 0 bridgehead atoms. The van der Waals surface area contributed by atoms with E-state index in [-0.39, 0.29) is 6.04 Å². The Kier molecular flexibility index (Phi) is 3.05. The number of aryl methyl sites for hydroxylation is 1. The van der Waals surface area contributed by atoms with Crippen molar-refractivity contribution in [2.75, 3.05) is 0 Å². The standard InChI is InChI=1S/C14H16N4O/c1-9-11-5-3-4-6-12(11)19-14(9)10(2)15-7-13-16-8-17-18-13/h3-6,8,10,15H,7H2,1-2H3,(H,16,17,18). The first-order chi connectivity index (χ1) is 9.25. The number of nitrogens with zero attached hydrogens (tertiary/aromatic N) is 2. The SMILES string of the molecule is Cc1c(C(C)NCc2ncn[nH]2)oc2ccccc12. The van der Waals surface area contributed by atoms with Crippen molar-refractivity contribution in [3.8, 4) is 0 Å². The summed E-state index contributed by atoms with van der Waals surface area (Å²) in [6, 6.07) is 8.22. The Balaban J connectivity index is 1.81. The maximum Gasteiger partial charge on any atom is 0.138 e. The highest BCUT2D eigenvalue weighted by Crippen LogP contribution is 2.29. The molecule has 0 radical (unpaired) electrons. The molecule has 2 N–H and O–H groups in total. The van der Waals surface area contributed by atoms with E-state index in [1.54, 1.807) is 0 Å². The van der Waals surface area contributed by atoms with Gasteiger partial charge in [-0.1, -0.05) is 18.2 Å². The lowest BCUT2D eigenvalue weighted by atomic mass is 10.1. The molecule has 0 spiro atoms. The third-order valence-corrected chi connectivity index (χ3v) is 3.31. The molecular weight excluding hydrogens is 240 g/mol. The summed E-state index contributed by atoms with van der Waals surface area (Å²) >= 11 is 0. The van der Waals surface area contributed by atoms with Gasteiger partial charge in [0, 0.05) is 5.39 Å². The van der Waals surface area contributed by atoms with E-state index in [2.05, 4.69) is 40.4 Å². The van der Waals surface area contributed by atoms with Gasteiger partial charge in [0.2, 0.25) is 0 Å². The van der Waals surface area contributed by atoms with Crippen LogP contribution in [0.3, 0.4) is 0 Å². The van der Waals surface area contributed by atoms with Gasteiger partial charge < -0.3 is 9.73 Å². The van der Waals surface area contributed by atoms with E-state index in [9.17, 15) is 0 Å². The van der Waals surface area contributed by atoms with Gasteiger partial charge in [0.25, 0.3) is 0 Å². The van der Waals surface area contributed by atoms with E-state index in [4.69, 9.17) is 4.42 Å². The molecule has 3 rings (SSSR count). The molecule has 0 fully saturated rings. The molecule has 1 aromatic carbocycles. The van der Waals surface area contributed by atoms with Crippen molar-refractivity contribution in [3.05, 3.63) is 47.7 Å². The molecule has 19 heavy (non-hydrogen) atoms. The number of aromatic nitrogens is 3. The zero-order valence-corrected chi connectivity index (χ0v) is 11.0. The zero-order chi connectivity index (χ0) is 13.2. The number of furan rings is 1. The largest absolute Gasteiger partial charge is 0.459 e. The average Bonchev–Trinajstić information content (AvgIpc) is 3.05. The van der Waals surface area contributed by atoms with Crippen LogP contribution in [0, 0.1) is 6.92 Å². The molecule has 0 aliphatic rings. The van der Waals surface area contributed by atoms with Crippen molar-refractivity contribution in [1.82, 2.24) is 20.5 Å². The first-order valence-corrected chi connectivity index (χ1v) is 6.31. The zero-order valence-electron chi connectivity index (χ0n) is 11.0. The molecule has 5 nitrogen and oxygen atoms in total. The Hall–Kier alpha value is -2.14. The molecule has 3 aromatic rings. The second-order valence-corrected chi connectivity index (χ2v) is 4.62. The molecule has 1 unspecified atom stereocenters. The predicted molar refractivity (Wildman–Crippen MR) is 72.6 cm³/mol. The summed E-state index contributed by atoms with van der Waals surface area (Å²) in [4.78, 5) is 4.09. The van der Waals surface area contributed by atoms with Gasteiger partial charge in [-0.15, -0.1) is 0 Å². The summed E-state index contributed by atoms with van der Waals surface area (Å²) in [6.45, 7) is 4.81. The minimum Gasteiger partial charge on any atom is -0.459 e. The first-order valence-electron chi connectivity index (χ1n) is 6.31.